The molecular weight excluding hydrogens is 1150 g/mol. The van der Waals surface area contributed by atoms with E-state index in [-0.39, 0.29) is 90.0 Å². The van der Waals surface area contributed by atoms with Crippen molar-refractivity contribution in [2.75, 3.05) is 87.4 Å². The Morgan fingerprint density at radius 3 is 0.716 bits per heavy atom. The number of rotatable bonds is 14. The summed E-state index contributed by atoms with van der Waals surface area (Å²) in [6.45, 7) is 1.52. The maximum atomic E-state index is 13.3. The summed E-state index contributed by atoms with van der Waals surface area (Å²) < 4.78 is 43.8. The first-order valence-corrected chi connectivity index (χ1v) is 34.4. The minimum absolute atomic E-state index is 0.123. The van der Waals surface area contributed by atoms with Gasteiger partial charge in [-0.2, -0.15) is 11.8 Å². The molecule has 0 spiro atoms. The maximum Gasteiger partial charge on any atom is 0.319 e. The van der Waals surface area contributed by atoms with Gasteiger partial charge in [0.1, 0.15) is 21.0 Å². The fourth-order valence-corrected chi connectivity index (χ4v) is 13.1. The van der Waals surface area contributed by atoms with E-state index in [0.717, 1.165) is 126 Å². The number of carbonyl (C=O) groups is 10. The van der Waals surface area contributed by atoms with Crippen LogP contribution in [0, 0.1) is 0 Å². The van der Waals surface area contributed by atoms with Crippen molar-refractivity contribution in [2.24, 2.45) is 0 Å². The number of cyclic esters (lactones) is 8. The van der Waals surface area contributed by atoms with Crippen LogP contribution in [-0.2, 0) is 85.8 Å². The highest BCUT2D eigenvalue weighted by atomic mass is 32.2. The zero-order valence-electron chi connectivity index (χ0n) is 47.3. The summed E-state index contributed by atoms with van der Waals surface area (Å²) >= 11 is 6.01. The van der Waals surface area contributed by atoms with Gasteiger partial charge in [-0.1, -0.05) is 103 Å². The summed E-state index contributed by atoms with van der Waals surface area (Å²) in [7, 11) is 0. The SMILES string of the molecule is O=C(O)CSC1CC(=O)OCCCCCCCCOC(=O)C(SCCSCCSC2CC(=O)OCCCCCCCCOC(=O)C(SCC(=O)O)CC(=O)OCCCCCCCCOC2=O)CC(=O)OCCCCCCCCOC1=O. The first kappa shape index (κ1) is 73.6. The predicted molar refractivity (Wildman–Crippen MR) is 315 cm³/mol. The Balaban J connectivity index is 1.86. The van der Waals surface area contributed by atoms with Gasteiger partial charge in [-0.15, -0.1) is 47.0 Å². The molecule has 464 valence electrons. The second-order valence-corrected chi connectivity index (χ2v) is 25.8. The predicted octanol–water partition coefficient (Wildman–Crippen LogP) is 9.59. The number of aliphatic carboxylic acids is 2. The van der Waals surface area contributed by atoms with Gasteiger partial charge in [-0.3, -0.25) is 47.9 Å². The van der Waals surface area contributed by atoms with E-state index in [2.05, 4.69) is 0 Å². The smallest absolute Gasteiger partial charge is 0.319 e. The quantitative estimate of drug-likeness (QED) is 0.0929. The molecule has 2 N–H and O–H groups in total. The molecular formula is C56H90O20S5. The summed E-state index contributed by atoms with van der Waals surface area (Å²) in [6, 6.07) is 0. The van der Waals surface area contributed by atoms with Crippen molar-refractivity contribution < 1.29 is 96.1 Å². The lowest BCUT2D eigenvalue weighted by molar-refractivity contribution is -0.150. The molecule has 4 atom stereocenters. The Kier molecular flexibility index (Phi) is 45.3. The zero-order valence-corrected chi connectivity index (χ0v) is 51.4. The minimum Gasteiger partial charge on any atom is -0.481 e. The molecule has 0 radical (unpaired) electrons. The third-order valence-electron chi connectivity index (χ3n) is 12.6. The molecule has 20 nitrogen and oxygen atoms in total. The van der Waals surface area contributed by atoms with Crippen molar-refractivity contribution in [1.29, 1.82) is 0 Å². The Hall–Kier alpha value is -3.55. The molecule has 0 amide bonds. The standard InChI is InChI=1S/C56H90O20S5/c57-47(58)41-80-45-39-51(63)71-27-19-11-1-5-13-21-29-73-53(65)43(37-49(61)69-25-17-9-3-7-15-23-31-75-55(45)67)78-35-33-77-34-36-79-44-38-50(62)70-26-18-10-4-8-16-24-32-76-56(68)46(81-42-48(59)60)40-52(64)72-28-20-12-2-6-14-22-30-74-54(44)66/h43-46H,1-42H2,(H,57,58)(H,59,60). The average Bonchev–Trinajstić information content (AvgIpc) is 3.43. The fourth-order valence-electron chi connectivity index (χ4n) is 8.08. The molecule has 2 heterocycles. The summed E-state index contributed by atoms with van der Waals surface area (Å²) in [5.74, 6) is -4.75. The van der Waals surface area contributed by atoms with Gasteiger partial charge in [0.15, 0.2) is 0 Å². The van der Waals surface area contributed by atoms with Gasteiger partial charge in [0.05, 0.1) is 90.0 Å². The molecule has 2 aliphatic heterocycles. The monoisotopic (exact) mass is 1240 g/mol. The van der Waals surface area contributed by atoms with Gasteiger partial charge < -0.3 is 48.1 Å². The minimum atomic E-state index is -1.10. The molecule has 2 aliphatic rings. The van der Waals surface area contributed by atoms with Crippen molar-refractivity contribution in [2.45, 2.75) is 201 Å². The fraction of sp³-hybridized carbons (Fsp3) is 0.821. The van der Waals surface area contributed by atoms with Crippen LogP contribution in [0.15, 0.2) is 0 Å². The van der Waals surface area contributed by atoms with Gasteiger partial charge >= 0.3 is 59.7 Å². The zero-order chi connectivity index (χ0) is 59.0. The van der Waals surface area contributed by atoms with E-state index < -0.39 is 80.7 Å². The van der Waals surface area contributed by atoms with E-state index in [9.17, 15) is 47.9 Å². The average molecular weight is 1240 g/mol. The lowest BCUT2D eigenvalue weighted by Crippen LogP contribution is -2.26. The van der Waals surface area contributed by atoms with Crippen LogP contribution in [0.3, 0.4) is 0 Å². The largest absolute Gasteiger partial charge is 0.481 e. The van der Waals surface area contributed by atoms with Crippen molar-refractivity contribution in [3.8, 4) is 0 Å². The summed E-state index contributed by atoms with van der Waals surface area (Å²) in [5.41, 5.74) is 0. The van der Waals surface area contributed by atoms with E-state index in [0.29, 0.717) is 74.4 Å². The number of carbonyl (C=O) groups excluding carboxylic acids is 8. The number of thioether (sulfide) groups is 5. The molecule has 2 rings (SSSR count). The van der Waals surface area contributed by atoms with Crippen LogP contribution < -0.4 is 0 Å². The molecule has 0 aromatic carbocycles. The van der Waals surface area contributed by atoms with Crippen LogP contribution >= 0.6 is 58.8 Å². The number of hydrogen-bond donors (Lipinski definition) is 2. The van der Waals surface area contributed by atoms with Crippen LogP contribution in [0.4, 0.5) is 0 Å². The molecule has 0 saturated carbocycles. The number of esters is 8. The van der Waals surface area contributed by atoms with Crippen molar-refractivity contribution in [1.82, 2.24) is 0 Å². The van der Waals surface area contributed by atoms with Gasteiger partial charge in [0.2, 0.25) is 0 Å². The summed E-state index contributed by atoms with van der Waals surface area (Å²) in [4.78, 5) is 125. The molecule has 0 aromatic heterocycles. The number of carboxylic acids is 2. The Bertz CT molecular complexity index is 1700. The van der Waals surface area contributed by atoms with Crippen molar-refractivity contribution in [3.63, 3.8) is 0 Å². The highest BCUT2D eigenvalue weighted by Gasteiger charge is 2.29. The van der Waals surface area contributed by atoms with Crippen LogP contribution in [0.5, 0.6) is 0 Å². The topological polar surface area (TPSA) is 285 Å². The molecule has 4 unspecified atom stereocenters. The summed E-state index contributed by atoms with van der Waals surface area (Å²) in [6.07, 6.45) is 17.6. The van der Waals surface area contributed by atoms with Crippen molar-refractivity contribution in [3.05, 3.63) is 0 Å². The molecule has 25 heteroatoms. The highest BCUT2D eigenvalue weighted by molar-refractivity contribution is 8.05. The van der Waals surface area contributed by atoms with E-state index in [1.807, 2.05) is 0 Å². The normalized spacial score (nSPS) is 23.5. The molecule has 81 heavy (non-hydrogen) atoms. The number of ether oxygens (including phenoxy) is 8. The van der Waals surface area contributed by atoms with E-state index in [1.165, 1.54) is 23.5 Å². The Morgan fingerprint density at radius 1 is 0.296 bits per heavy atom. The van der Waals surface area contributed by atoms with E-state index in [4.69, 9.17) is 48.1 Å². The second-order valence-electron chi connectivity index (χ2n) is 19.6. The Labute approximate surface area is 500 Å². The first-order valence-electron chi connectivity index (χ1n) is 29.0. The van der Waals surface area contributed by atoms with Crippen LogP contribution in [0.1, 0.15) is 180 Å². The van der Waals surface area contributed by atoms with Gasteiger partial charge in [-0.05, 0) is 51.4 Å². The van der Waals surface area contributed by atoms with Gasteiger partial charge in [0, 0.05) is 23.0 Å². The third kappa shape index (κ3) is 42.0. The van der Waals surface area contributed by atoms with Gasteiger partial charge in [-0.25, -0.2) is 0 Å². The van der Waals surface area contributed by atoms with Crippen LogP contribution in [-0.4, -0.2) is 178 Å². The lowest BCUT2D eigenvalue weighted by Gasteiger charge is -2.16. The van der Waals surface area contributed by atoms with Crippen molar-refractivity contribution >= 4 is 119 Å². The van der Waals surface area contributed by atoms with Crippen LogP contribution in [0.2, 0.25) is 0 Å². The van der Waals surface area contributed by atoms with Crippen LogP contribution in [0.25, 0.3) is 0 Å². The summed E-state index contributed by atoms with van der Waals surface area (Å²) in [5, 5.41) is 14.8. The third-order valence-corrected chi connectivity index (χ3v) is 18.8. The Morgan fingerprint density at radius 2 is 0.494 bits per heavy atom. The lowest BCUT2D eigenvalue weighted by atomic mass is 10.1. The van der Waals surface area contributed by atoms with Gasteiger partial charge in [0.25, 0.3) is 0 Å². The molecule has 2 fully saturated rings. The molecule has 2 saturated heterocycles. The van der Waals surface area contributed by atoms with E-state index in [1.54, 1.807) is 11.8 Å². The maximum absolute atomic E-state index is 13.3. The first-order chi connectivity index (χ1) is 39.2. The molecule has 0 aliphatic carbocycles. The molecule has 0 aromatic rings. The second kappa shape index (κ2) is 49.8. The molecule has 0 bridgehead atoms. The van der Waals surface area contributed by atoms with E-state index >= 15 is 0 Å². The number of hydrogen-bond acceptors (Lipinski definition) is 23. The highest BCUT2D eigenvalue weighted by Crippen LogP contribution is 2.24. The number of carboxylic acid groups (broad SMARTS) is 2.